The van der Waals surface area contributed by atoms with Crippen molar-refractivity contribution in [3.63, 3.8) is 0 Å². The summed E-state index contributed by atoms with van der Waals surface area (Å²) in [5.41, 5.74) is -0.459. The third kappa shape index (κ3) is 6.59. The van der Waals surface area contributed by atoms with Crippen LogP contribution in [0.4, 0.5) is 0 Å². The van der Waals surface area contributed by atoms with Crippen LogP contribution in [0.15, 0.2) is 40.3 Å². The zero-order chi connectivity index (χ0) is 26.0. The number of carbonyl (C=O) groups is 2. The number of hydrogen-bond acceptors (Lipinski definition) is 6. The van der Waals surface area contributed by atoms with E-state index in [1.165, 1.54) is 6.42 Å². The van der Waals surface area contributed by atoms with Gasteiger partial charge in [0, 0.05) is 5.92 Å². The highest BCUT2D eigenvalue weighted by molar-refractivity contribution is 6.42. The quantitative estimate of drug-likeness (QED) is 0.364. The first kappa shape index (κ1) is 27.1. The molecular weight excluding hydrogens is 440 g/mol. The molecule has 3 atom stereocenters. The Hall–Kier alpha value is -2.50. The molecule has 0 aromatic heterocycles. The van der Waals surface area contributed by atoms with Crippen molar-refractivity contribution in [3.05, 3.63) is 35.9 Å². The predicted molar refractivity (Wildman–Crippen MR) is 140 cm³/mol. The average Bonchev–Trinajstić information content (AvgIpc) is 2.75. The van der Waals surface area contributed by atoms with Gasteiger partial charge in [0.25, 0.3) is 0 Å². The van der Waals surface area contributed by atoms with Gasteiger partial charge in [0.05, 0.1) is 23.5 Å². The Morgan fingerprint density at radius 1 is 0.857 bits per heavy atom. The number of carbonyl (C=O) groups excluding carboxylic acids is 2. The van der Waals surface area contributed by atoms with Crippen LogP contribution in [0.5, 0.6) is 0 Å². The molecule has 1 saturated carbocycles. The number of aliphatic imine (C=N–C) groups is 2. The molecule has 1 aliphatic carbocycles. The van der Waals surface area contributed by atoms with Gasteiger partial charge in [-0.15, -0.1) is 0 Å². The monoisotopic (exact) mass is 482 g/mol. The fraction of sp³-hybridized carbons (Fsp3) is 0.655. The molecule has 192 valence electrons. The molecule has 2 aliphatic rings. The third-order valence-corrected chi connectivity index (χ3v) is 6.73. The van der Waals surface area contributed by atoms with Gasteiger partial charge in [0.2, 0.25) is 0 Å². The van der Waals surface area contributed by atoms with E-state index in [2.05, 4.69) is 0 Å². The lowest BCUT2D eigenvalue weighted by molar-refractivity contribution is -0.185. The maximum atomic E-state index is 13.8. The van der Waals surface area contributed by atoms with Gasteiger partial charge < -0.3 is 9.47 Å². The molecule has 0 bridgehead atoms. The standard InChI is InChI=1S/C29H42N2O4/c1-19-24(31-23-17-13-12-16-22(23)30-19)18-21(20-14-10-9-11-15-20)29(8,25(32)34-27(2,3)4)26(33)35-28(5,6)7/h9-11,14-15,21-23H,12-13,16-18H2,1-8H3. The van der Waals surface area contributed by atoms with Crippen LogP contribution < -0.4 is 0 Å². The molecule has 1 aromatic carbocycles. The first-order valence-electron chi connectivity index (χ1n) is 12.8. The van der Waals surface area contributed by atoms with Crippen LogP contribution in [0, 0.1) is 5.41 Å². The summed E-state index contributed by atoms with van der Waals surface area (Å²) in [6.45, 7) is 14.5. The average molecular weight is 483 g/mol. The Kier molecular flexibility index (Phi) is 7.93. The highest BCUT2D eigenvalue weighted by Gasteiger charge is 2.54. The normalized spacial score (nSPS) is 21.8. The first-order valence-corrected chi connectivity index (χ1v) is 12.8. The van der Waals surface area contributed by atoms with Crippen molar-refractivity contribution >= 4 is 23.4 Å². The summed E-state index contributed by atoms with van der Waals surface area (Å²) < 4.78 is 11.7. The van der Waals surface area contributed by atoms with Crippen LogP contribution in [0.2, 0.25) is 0 Å². The van der Waals surface area contributed by atoms with Gasteiger partial charge in [-0.05, 0) is 80.2 Å². The Morgan fingerprint density at radius 2 is 1.34 bits per heavy atom. The first-order chi connectivity index (χ1) is 16.2. The molecule has 3 unspecified atom stereocenters. The van der Waals surface area contributed by atoms with E-state index in [1.54, 1.807) is 6.92 Å². The van der Waals surface area contributed by atoms with Crippen molar-refractivity contribution in [2.24, 2.45) is 15.4 Å². The number of benzene rings is 1. The fourth-order valence-electron chi connectivity index (χ4n) is 4.88. The lowest BCUT2D eigenvalue weighted by Crippen LogP contribution is -2.49. The summed E-state index contributed by atoms with van der Waals surface area (Å²) in [7, 11) is 0. The second kappa shape index (κ2) is 10.2. The van der Waals surface area contributed by atoms with Gasteiger partial charge in [0.1, 0.15) is 11.2 Å². The van der Waals surface area contributed by atoms with Crippen molar-refractivity contribution in [1.29, 1.82) is 0 Å². The van der Waals surface area contributed by atoms with E-state index in [0.717, 1.165) is 36.2 Å². The van der Waals surface area contributed by atoms with Crippen LogP contribution in [-0.4, -0.2) is 46.6 Å². The minimum absolute atomic E-state index is 0.174. The van der Waals surface area contributed by atoms with Crippen molar-refractivity contribution in [3.8, 4) is 0 Å². The van der Waals surface area contributed by atoms with Crippen LogP contribution >= 0.6 is 0 Å². The Morgan fingerprint density at radius 3 is 1.83 bits per heavy atom. The fourth-order valence-corrected chi connectivity index (χ4v) is 4.88. The molecule has 3 rings (SSSR count). The molecule has 0 amide bonds. The van der Waals surface area contributed by atoms with E-state index in [9.17, 15) is 9.59 Å². The summed E-state index contributed by atoms with van der Waals surface area (Å²) in [6.07, 6.45) is 4.83. The Bertz CT molecular complexity index is 954. The van der Waals surface area contributed by atoms with Crippen LogP contribution in [0.1, 0.15) is 99.0 Å². The van der Waals surface area contributed by atoms with E-state index in [1.807, 2.05) is 78.8 Å². The molecule has 1 fully saturated rings. The van der Waals surface area contributed by atoms with Gasteiger partial charge in [0.15, 0.2) is 5.41 Å². The Labute approximate surface area is 210 Å². The summed E-state index contributed by atoms with van der Waals surface area (Å²) >= 11 is 0. The summed E-state index contributed by atoms with van der Waals surface area (Å²) in [6, 6.07) is 10.1. The molecule has 1 aliphatic heterocycles. The minimum atomic E-state index is -1.58. The number of esters is 2. The smallest absolute Gasteiger partial charge is 0.324 e. The van der Waals surface area contributed by atoms with Crippen LogP contribution in [0.3, 0.4) is 0 Å². The highest BCUT2D eigenvalue weighted by atomic mass is 16.6. The van der Waals surface area contributed by atoms with Crippen LogP contribution in [-0.2, 0) is 19.1 Å². The van der Waals surface area contributed by atoms with Gasteiger partial charge in [-0.25, -0.2) is 0 Å². The lowest BCUT2D eigenvalue weighted by Gasteiger charge is -2.39. The topological polar surface area (TPSA) is 77.3 Å². The number of nitrogens with zero attached hydrogens (tertiary/aromatic N) is 2. The van der Waals surface area contributed by atoms with E-state index < -0.39 is 34.5 Å². The molecular formula is C29H42N2O4. The molecule has 0 N–H and O–H groups in total. The van der Waals surface area contributed by atoms with Gasteiger partial charge >= 0.3 is 11.9 Å². The van der Waals surface area contributed by atoms with Crippen molar-refractivity contribution in [1.82, 2.24) is 0 Å². The van der Waals surface area contributed by atoms with Gasteiger partial charge in [-0.1, -0.05) is 43.2 Å². The summed E-state index contributed by atoms with van der Waals surface area (Å²) in [5.74, 6) is -1.71. The van der Waals surface area contributed by atoms with Crippen molar-refractivity contribution in [2.75, 3.05) is 0 Å². The molecule has 35 heavy (non-hydrogen) atoms. The van der Waals surface area contributed by atoms with Crippen molar-refractivity contribution in [2.45, 2.75) is 117 Å². The van der Waals surface area contributed by atoms with E-state index >= 15 is 0 Å². The number of fused-ring (bicyclic) bond motifs is 1. The molecule has 0 spiro atoms. The third-order valence-electron chi connectivity index (χ3n) is 6.73. The molecule has 6 nitrogen and oxygen atoms in total. The second-order valence-corrected chi connectivity index (χ2v) is 12.1. The second-order valence-electron chi connectivity index (χ2n) is 12.1. The molecule has 0 saturated heterocycles. The van der Waals surface area contributed by atoms with E-state index in [0.29, 0.717) is 6.42 Å². The maximum Gasteiger partial charge on any atom is 0.324 e. The summed E-state index contributed by atoms with van der Waals surface area (Å²) in [4.78, 5) is 37.7. The predicted octanol–water partition coefficient (Wildman–Crippen LogP) is 6.08. The maximum absolute atomic E-state index is 13.8. The highest BCUT2D eigenvalue weighted by Crippen LogP contribution is 2.43. The minimum Gasteiger partial charge on any atom is -0.459 e. The Balaban J connectivity index is 2.09. The summed E-state index contributed by atoms with van der Waals surface area (Å²) in [5, 5.41) is 0. The molecule has 1 heterocycles. The number of ether oxygens (including phenoxy) is 2. The molecule has 1 aromatic rings. The van der Waals surface area contributed by atoms with Gasteiger partial charge in [-0.2, -0.15) is 0 Å². The number of hydrogen-bond donors (Lipinski definition) is 0. The van der Waals surface area contributed by atoms with E-state index in [-0.39, 0.29) is 12.1 Å². The zero-order valence-corrected chi connectivity index (χ0v) is 22.7. The number of rotatable bonds is 6. The van der Waals surface area contributed by atoms with E-state index in [4.69, 9.17) is 19.5 Å². The molecule has 6 heteroatoms. The lowest BCUT2D eigenvalue weighted by atomic mass is 9.70. The SMILES string of the molecule is CC1=NC2CCCCC2N=C1CC(c1ccccc1)C(C)(C(=O)OC(C)(C)C)C(=O)OC(C)(C)C. The van der Waals surface area contributed by atoms with Crippen molar-refractivity contribution < 1.29 is 19.1 Å². The van der Waals surface area contributed by atoms with Crippen LogP contribution in [0.25, 0.3) is 0 Å². The zero-order valence-electron chi connectivity index (χ0n) is 22.7. The molecule has 0 radical (unpaired) electrons. The largest absolute Gasteiger partial charge is 0.459 e. The van der Waals surface area contributed by atoms with Gasteiger partial charge in [-0.3, -0.25) is 19.6 Å².